The molecule has 8 aromatic rings. The van der Waals surface area contributed by atoms with E-state index in [1.807, 2.05) is 0 Å². The minimum atomic E-state index is -0.0759. The molecule has 0 atom stereocenters. The summed E-state index contributed by atoms with van der Waals surface area (Å²) in [4.78, 5) is 0. The monoisotopic (exact) mass is 638 g/mol. The molecule has 2 aliphatic carbocycles. The summed E-state index contributed by atoms with van der Waals surface area (Å²) < 4.78 is 0. The smallest absolute Gasteiger partial charge is 0.0159 e. The van der Waals surface area contributed by atoms with Gasteiger partial charge in [0.15, 0.2) is 0 Å². The highest BCUT2D eigenvalue weighted by Crippen LogP contribution is 2.57. The average molecular weight is 639 g/mol. The molecule has 0 unspecified atom stereocenters. The second-order valence-electron chi connectivity index (χ2n) is 15.2. The highest BCUT2D eigenvalue weighted by Gasteiger charge is 2.39. The van der Waals surface area contributed by atoms with Gasteiger partial charge in [-0.15, -0.1) is 0 Å². The van der Waals surface area contributed by atoms with Gasteiger partial charge in [0.2, 0.25) is 0 Å². The van der Waals surface area contributed by atoms with E-state index in [9.17, 15) is 0 Å². The van der Waals surface area contributed by atoms with Crippen LogP contribution in [0.3, 0.4) is 0 Å². The van der Waals surface area contributed by atoms with Gasteiger partial charge < -0.3 is 0 Å². The predicted octanol–water partition coefficient (Wildman–Crippen LogP) is 13.6. The maximum Gasteiger partial charge on any atom is 0.0159 e. The van der Waals surface area contributed by atoms with Crippen LogP contribution in [0.25, 0.3) is 77.2 Å². The van der Waals surface area contributed by atoms with E-state index in [0.29, 0.717) is 0 Å². The Labute approximate surface area is 294 Å². The number of rotatable bonds is 3. The Morgan fingerprint density at radius 2 is 0.700 bits per heavy atom. The van der Waals surface area contributed by atoms with Gasteiger partial charge in [-0.25, -0.2) is 0 Å². The van der Waals surface area contributed by atoms with Crippen molar-refractivity contribution in [2.45, 2.75) is 38.5 Å². The summed E-state index contributed by atoms with van der Waals surface area (Å²) in [6.45, 7) is 9.51. The summed E-state index contributed by atoms with van der Waals surface area (Å²) >= 11 is 0. The third-order valence-electron chi connectivity index (χ3n) is 11.9. The van der Waals surface area contributed by atoms with Gasteiger partial charge in [-0.1, -0.05) is 179 Å². The lowest BCUT2D eigenvalue weighted by Crippen LogP contribution is -2.14. The lowest BCUT2D eigenvalue weighted by atomic mass is 9.79. The van der Waals surface area contributed by atoms with Crippen molar-refractivity contribution in [3.63, 3.8) is 0 Å². The third kappa shape index (κ3) is 3.88. The van der Waals surface area contributed by atoms with E-state index in [4.69, 9.17) is 0 Å². The molecule has 0 saturated heterocycles. The average Bonchev–Trinajstić information content (AvgIpc) is 3.54. The van der Waals surface area contributed by atoms with Crippen LogP contribution in [0.1, 0.15) is 49.9 Å². The number of benzene rings is 8. The van der Waals surface area contributed by atoms with Gasteiger partial charge in [0, 0.05) is 10.8 Å². The molecule has 8 aromatic carbocycles. The Bertz CT molecular complexity index is 2690. The Hall–Kier alpha value is -5.72. The van der Waals surface area contributed by atoms with Crippen molar-refractivity contribution in [2.75, 3.05) is 0 Å². The quantitative estimate of drug-likeness (QED) is 0.169. The zero-order valence-electron chi connectivity index (χ0n) is 29.0. The van der Waals surface area contributed by atoms with E-state index < -0.39 is 0 Å². The number of hydrogen-bond donors (Lipinski definition) is 0. The summed E-state index contributed by atoms with van der Waals surface area (Å²) in [7, 11) is 0. The third-order valence-corrected chi connectivity index (χ3v) is 11.9. The molecule has 0 aliphatic heterocycles. The number of hydrogen-bond acceptors (Lipinski definition) is 0. The molecule has 0 spiro atoms. The Morgan fingerprint density at radius 3 is 1.26 bits per heavy atom. The largest absolute Gasteiger partial charge is 0.0622 e. The summed E-state index contributed by atoms with van der Waals surface area (Å²) in [5.74, 6) is 0. The molecule has 238 valence electrons. The molecule has 10 rings (SSSR count). The van der Waals surface area contributed by atoms with Crippen LogP contribution in [0.4, 0.5) is 0 Å². The van der Waals surface area contributed by atoms with Crippen molar-refractivity contribution >= 4 is 21.5 Å². The molecule has 0 N–H and O–H groups in total. The Balaban J connectivity index is 1.38. The summed E-state index contributed by atoms with van der Waals surface area (Å²) in [5.41, 5.74) is 18.6. The fourth-order valence-corrected chi connectivity index (χ4v) is 9.49. The normalized spacial score (nSPS) is 14.7. The zero-order valence-corrected chi connectivity index (χ0v) is 29.0. The Morgan fingerprint density at radius 1 is 0.280 bits per heavy atom. The number of fused-ring (bicyclic) bond motifs is 8. The van der Waals surface area contributed by atoms with E-state index in [0.717, 1.165) is 0 Å². The molecular formula is C50H38. The molecule has 0 amide bonds. The SMILES string of the molecule is CC1(C)c2ccccc2-c2c(-c3c4ccccc4c(-c4cccc5c4-c4ccccc4C5(C)C)c4cc(-c5ccccc5)ccc34)cccc21. The van der Waals surface area contributed by atoms with Gasteiger partial charge in [0.1, 0.15) is 0 Å². The predicted molar refractivity (Wildman–Crippen MR) is 213 cm³/mol. The van der Waals surface area contributed by atoms with Crippen molar-refractivity contribution in [1.29, 1.82) is 0 Å². The van der Waals surface area contributed by atoms with Crippen molar-refractivity contribution in [2.24, 2.45) is 0 Å². The van der Waals surface area contributed by atoms with Crippen LogP contribution in [0.15, 0.2) is 158 Å². The van der Waals surface area contributed by atoms with Gasteiger partial charge in [-0.2, -0.15) is 0 Å². The molecule has 0 saturated carbocycles. The molecule has 2 aliphatic rings. The molecule has 50 heavy (non-hydrogen) atoms. The van der Waals surface area contributed by atoms with Crippen LogP contribution in [0.5, 0.6) is 0 Å². The first kappa shape index (κ1) is 29.2. The van der Waals surface area contributed by atoms with Gasteiger partial charge in [-0.3, -0.25) is 0 Å². The first-order valence-corrected chi connectivity index (χ1v) is 17.9. The van der Waals surface area contributed by atoms with Crippen LogP contribution in [-0.4, -0.2) is 0 Å². The maximum absolute atomic E-state index is 2.46. The van der Waals surface area contributed by atoms with E-state index in [1.54, 1.807) is 0 Å². The molecule has 0 bridgehead atoms. The topological polar surface area (TPSA) is 0 Å². The lowest BCUT2D eigenvalue weighted by Gasteiger charge is -2.24. The standard InChI is InChI=1S/C50H38/c1-49(2)41-24-12-10-20-36(41)47-38(22-14-26-43(47)49)45-33-18-8-9-19-34(33)46(40-30-32(28-29-35(40)45)31-16-6-5-7-17-31)39-23-15-27-44-48(39)37-21-11-13-25-42(37)50(44,3)4/h5-30H,1-4H3. The van der Waals surface area contributed by atoms with Gasteiger partial charge >= 0.3 is 0 Å². The van der Waals surface area contributed by atoms with Crippen molar-refractivity contribution in [1.82, 2.24) is 0 Å². The lowest BCUT2D eigenvalue weighted by molar-refractivity contribution is 0.660. The Kier molecular flexibility index (Phi) is 6.07. The highest BCUT2D eigenvalue weighted by molar-refractivity contribution is 6.24. The molecule has 0 nitrogen and oxygen atoms in total. The summed E-state index contributed by atoms with van der Waals surface area (Å²) in [6.07, 6.45) is 0. The fraction of sp³-hybridized carbons (Fsp3) is 0.120. The second kappa shape index (κ2) is 10.4. The first-order chi connectivity index (χ1) is 24.4. The first-order valence-electron chi connectivity index (χ1n) is 17.9. The van der Waals surface area contributed by atoms with E-state index in [-0.39, 0.29) is 10.8 Å². The van der Waals surface area contributed by atoms with Crippen molar-refractivity contribution in [3.05, 3.63) is 180 Å². The molecule has 0 aromatic heterocycles. The van der Waals surface area contributed by atoms with Crippen molar-refractivity contribution in [3.8, 4) is 55.6 Å². The molecule has 0 heteroatoms. The summed E-state index contributed by atoms with van der Waals surface area (Å²) in [5, 5.41) is 5.16. The van der Waals surface area contributed by atoms with Crippen LogP contribution in [-0.2, 0) is 10.8 Å². The zero-order chi connectivity index (χ0) is 33.8. The van der Waals surface area contributed by atoms with Gasteiger partial charge in [-0.05, 0) is 105 Å². The van der Waals surface area contributed by atoms with Crippen LogP contribution < -0.4 is 0 Å². The molecule has 0 radical (unpaired) electrons. The van der Waals surface area contributed by atoms with Crippen LogP contribution in [0.2, 0.25) is 0 Å². The molecule has 0 fully saturated rings. The highest BCUT2D eigenvalue weighted by atomic mass is 14.4. The van der Waals surface area contributed by atoms with E-state index in [1.165, 1.54) is 99.4 Å². The fourth-order valence-electron chi connectivity index (χ4n) is 9.49. The second-order valence-corrected chi connectivity index (χ2v) is 15.2. The minimum Gasteiger partial charge on any atom is -0.0622 e. The van der Waals surface area contributed by atoms with Crippen LogP contribution in [0, 0.1) is 0 Å². The maximum atomic E-state index is 2.46. The van der Waals surface area contributed by atoms with E-state index >= 15 is 0 Å². The summed E-state index contributed by atoms with van der Waals surface area (Å²) in [6, 6.07) is 59.2. The molecule has 0 heterocycles. The van der Waals surface area contributed by atoms with E-state index in [2.05, 4.69) is 185 Å². The molecular weight excluding hydrogens is 601 g/mol. The van der Waals surface area contributed by atoms with Gasteiger partial charge in [0.25, 0.3) is 0 Å². The minimum absolute atomic E-state index is 0.0707. The van der Waals surface area contributed by atoms with Gasteiger partial charge in [0.05, 0.1) is 0 Å². The van der Waals surface area contributed by atoms with Crippen LogP contribution >= 0.6 is 0 Å². The van der Waals surface area contributed by atoms with Crippen molar-refractivity contribution < 1.29 is 0 Å².